The fourth-order valence-corrected chi connectivity index (χ4v) is 1.78. The standard InChI is InChI=1S/C11H12NO4S/c1-2-4-9(11(14)15)16-12-8(7-13)10-5-3-6-17-10/h3,5-6,9H,2,4H2,1H3,(H,14,15). The number of carboxylic acids is 1. The van der Waals surface area contributed by atoms with Gasteiger partial charge in [0.05, 0.1) is 4.88 Å². The smallest absolute Gasteiger partial charge is 0.347 e. The van der Waals surface area contributed by atoms with E-state index in [2.05, 4.69) is 5.16 Å². The second kappa shape index (κ2) is 6.80. The van der Waals surface area contributed by atoms with Gasteiger partial charge in [0.15, 0.2) is 5.71 Å². The largest absolute Gasteiger partial charge is 0.478 e. The average Bonchev–Trinajstić information content (AvgIpc) is 2.82. The summed E-state index contributed by atoms with van der Waals surface area (Å²) in [7, 11) is 0. The summed E-state index contributed by atoms with van der Waals surface area (Å²) < 4.78 is 0. The molecule has 0 aliphatic rings. The Balaban J connectivity index is 2.72. The van der Waals surface area contributed by atoms with Gasteiger partial charge in [0.1, 0.15) is 0 Å². The highest BCUT2D eigenvalue weighted by Crippen LogP contribution is 2.10. The predicted molar refractivity (Wildman–Crippen MR) is 64.0 cm³/mol. The summed E-state index contributed by atoms with van der Waals surface area (Å²) in [5.41, 5.74) is -0.0117. The molecule has 0 bridgehead atoms. The first-order valence-corrected chi connectivity index (χ1v) is 5.95. The molecule has 0 aromatic carbocycles. The highest BCUT2D eigenvalue weighted by atomic mass is 32.1. The first-order valence-electron chi connectivity index (χ1n) is 5.07. The summed E-state index contributed by atoms with van der Waals surface area (Å²) in [6.45, 7) is 1.84. The third-order valence-electron chi connectivity index (χ3n) is 1.95. The highest BCUT2D eigenvalue weighted by molar-refractivity contribution is 7.12. The van der Waals surface area contributed by atoms with E-state index in [1.54, 1.807) is 23.8 Å². The minimum atomic E-state index is -1.09. The number of carbonyl (C=O) groups excluding carboxylic acids is 1. The van der Waals surface area contributed by atoms with Crippen LogP contribution in [0.4, 0.5) is 0 Å². The fourth-order valence-electron chi connectivity index (χ4n) is 1.13. The molecule has 17 heavy (non-hydrogen) atoms. The van der Waals surface area contributed by atoms with E-state index in [9.17, 15) is 9.59 Å². The van der Waals surface area contributed by atoms with Crippen LogP contribution in [-0.2, 0) is 14.4 Å². The minimum Gasteiger partial charge on any atom is -0.478 e. The van der Waals surface area contributed by atoms with Crippen LogP contribution in [0.3, 0.4) is 0 Å². The third kappa shape index (κ3) is 3.99. The second-order valence-electron chi connectivity index (χ2n) is 3.24. The van der Waals surface area contributed by atoms with Crippen LogP contribution in [0.2, 0.25) is 0 Å². The van der Waals surface area contributed by atoms with Crippen molar-refractivity contribution in [1.82, 2.24) is 0 Å². The molecule has 1 aromatic heterocycles. The Morgan fingerprint density at radius 1 is 1.71 bits per heavy atom. The van der Waals surface area contributed by atoms with Gasteiger partial charge in [0.2, 0.25) is 6.10 Å². The van der Waals surface area contributed by atoms with Crippen molar-refractivity contribution < 1.29 is 19.5 Å². The molecule has 0 saturated carbocycles. The quantitative estimate of drug-likeness (QED) is 0.595. The van der Waals surface area contributed by atoms with Crippen LogP contribution in [0.15, 0.2) is 22.7 Å². The summed E-state index contributed by atoms with van der Waals surface area (Å²) in [5.74, 6) is -1.09. The van der Waals surface area contributed by atoms with Crippen LogP contribution < -0.4 is 0 Å². The van der Waals surface area contributed by atoms with Crippen molar-refractivity contribution in [3.8, 4) is 0 Å². The van der Waals surface area contributed by atoms with E-state index < -0.39 is 12.1 Å². The first-order chi connectivity index (χ1) is 8.19. The number of hydrogen-bond donors (Lipinski definition) is 1. The predicted octanol–water partition coefficient (Wildman–Crippen LogP) is 1.83. The number of carbonyl (C=O) groups is 1. The fraction of sp³-hybridized carbons (Fsp3) is 0.364. The van der Waals surface area contributed by atoms with E-state index in [1.807, 2.05) is 6.92 Å². The molecule has 0 amide bonds. The van der Waals surface area contributed by atoms with Crippen LogP contribution in [0.25, 0.3) is 0 Å². The molecule has 91 valence electrons. The number of rotatable bonds is 7. The van der Waals surface area contributed by atoms with Gasteiger partial charge in [-0.15, -0.1) is 11.3 Å². The van der Waals surface area contributed by atoms with Crippen LogP contribution in [0.5, 0.6) is 0 Å². The first kappa shape index (κ1) is 13.4. The van der Waals surface area contributed by atoms with Crippen molar-refractivity contribution in [3.05, 3.63) is 22.4 Å². The second-order valence-corrected chi connectivity index (χ2v) is 4.19. The van der Waals surface area contributed by atoms with Gasteiger partial charge in [-0.05, 0) is 17.9 Å². The van der Waals surface area contributed by atoms with Gasteiger partial charge < -0.3 is 9.94 Å². The Labute approximate surface area is 103 Å². The lowest BCUT2D eigenvalue weighted by atomic mass is 10.2. The summed E-state index contributed by atoms with van der Waals surface area (Å²) in [5, 5.41) is 14.2. The van der Waals surface area contributed by atoms with Gasteiger partial charge in [-0.1, -0.05) is 24.6 Å². The molecule has 0 saturated heterocycles. The molecule has 1 N–H and O–H groups in total. The molecule has 0 spiro atoms. The topological polar surface area (TPSA) is 76.0 Å². The molecule has 1 radical (unpaired) electrons. The van der Waals surface area contributed by atoms with Gasteiger partial charge in [0.25, 0.3) is 6.29 Å². The Morgan fingerprint density at radius 2 is 2.47 bits per heavy atom. The minimum absolute atomic E-state index is 0.0117. The Hall–Kier alpha value is -1.69. The number of nitrogens with zero attached hydrogens (tertiary/aromatic N) is 1. The van der Waals surface area contributed by atoms with Gasteiger partial charge in [-0.2, -0.15) is 0 Å². The van der Waals surface area contributed by atoms with Crippen molar-refractivity contribution >= 4 is 29.3 Å². The number of carboxylic acid groups (broad SMARTS) is 1. The molecule has 0 fully saturated rings. The zero-order valence-corrected chi connectivity index (χ0v) is 10.1. The number of thiophene rings is 1. The number of hydrogen-bond acceptors (Lipinski definition) is 5. The lowest BCUT2D eigenvalue weighted by Gasteiger charge is -2.08. The number of aliphatic carboxylic acids is 1. The van der Waals surface area contributed by atoms with E-state index in [4.69, 9.17) is 9.94 Å². The van der Waals surface area contributed by atoms with Gasteiger partial charge in [-0.25, -0.2) is 4.79 Å². The summed E-state index contributed by atoms with van der Waals surface area (Å²) >= 11 is 1.31. The lowest BCUT2D eigenvalue weighted by Crippen LogP contribution is -2.22. The number of oxime groups is 1. The molecule has 0 aliphatic heterocycles. The summed E-state index contributed by atoms with van der Waals surface area (Å²) in [4.78, 5) is 26.9. The van der Waals surface area contributed by atoms with Crippen LogP contribution in [0, 0.1) is 0 Å². The molecule has 1 heterocycles. The van der Waals surface area contributed by atoms with Crippen LogP contribution >= 0.6 is 11.3 Å². The molecule has 0 aliphatic carbocycles. The molecule has 1 rings (SSSR count). The molecule has 1 aromatic rings. The van der Waals surface area contributed by atoms with Crippen molar-refractivity contribution in [2.75, 3.05) is 0 Å². The van der Waals surface area contributed by atoms with Gasteiger partial charge in [0, 0.05) is 0 Å². The molecular weight excluding hydrogens is 242 g/mol. The van der Waals surface area contributed by atoms with Crippen molar-refractivity contribution in [2.24, 2.45) is 5.16 Å². The third-order valence-corrected chi connectivity index (χ3v) is 2.83. The average molecular weight is 254 g/mol. The SMILES string of the molecule is CCCC(ON=C([C]=O)c1cccs1)C(=O)O. The van der Waals surface area contributed by atoms with E-state index in [1.165, 1.54) is 11.3 Å². The van der Waals surface area contributed by atoms with Gasteiger partial charge >= 0.3 is 5.97 Å². The zero-order chi connectivity index (χ0) is 12.7. The van der Waals surface area contributed by atoms with Gasteiger partial charge in [-0.3, -0.25) is 4.79 Å². The maximum Gasteiger partial charge on any atom is 0.347 e. The highest BCUT2D eigenvalue weighted by Gasteiger charge is 2.18. The van der Waals surface area contributed by atoms with E-state index >= 15 is 0 Å². The van der Waals surface area contributed by atoms with E-state index in [0.717, 1.165) is 0 Å². The molecule has 1 unspecified atom stereocenters. The monoisotopic (exact) mass is 254 g/mol. The van der Waals surface area contributed by atoms with Crippen LogP contribution in [-0.4, -0.2) is 29.2 Å². The van der Waals surface area contributed by atoms with Crippen molar-refractivity contribution in [1.29, 1.82) is 0 Å². The maximum atomic E-state index is 10.8. The molecule has 1 atom stereocenters. The molecular formula is C11H12NO4S. The maximum absolute atomic E-state index is 10.8. The normalized spacial score (nSPS) is 13.1. The van der Waals surface area contributed by atoms with Crippen molar-refractivity contribution in [2.45, 2.75) is 25.9 Å². The Kier molecular flexibility index (Phi) is 5.35. The van der Waals surface area contributed by atoms with E-state index in [0.29, 0.717) is 17.7 Å². The van der Waals surface area contributed by atoms with Crippen LogP contribution in [0.1, 0.15) is 24.6 Å². The summed E-state index contributed by atoms with van der Waals surface area (Å²) in [6, 6.07) is 3.45. The van der Waals surface area contributed by atoms with E-state index in [-0.39, 0.29) is 5.71 Å². The Bertz CT molecular complexity index is 400. The Morgan fingerprint density at radius 3 is 2.94 bits per heavy atom. The van der Waals surface area contributed by atoms with Crippen molar-refractivity contribution in [3.63, 3.8) is 0 Å². The molecule has 6 heteroatoms. The molecule has 5 nitrogen and oxygen atoms in total. The lowest BCUT2D eigenvalue weighted by molar-refractivity contribution is -0.150. The summed E-state index contributed by atoms with van der Waals surface area (Å²) in [6.07, 6.45) is 1.61. The zero-order valence-electron chi connectivity index (χ0n) is 9.25.